The van der Waals surface area contributed by atoms with Crippen molar-refractivity contribution < 1.29 is 4.52 Å². The van der Waals surface area contributed by atoms with Gasteiger partial charge in [0.15, 0.2) is 5.01 Å². The van der Waals surface area contributed by atoms with E-state index in [1.165, 1.54) is 0 Å². The van der Waals surface area contributed by atoms with Gasteiger partial charge < -0.3 is 9.84 Å². The van der Waals surface area contributed by atoms with Crippen LogP contribution in [-0.4, -0.2) is 21.9 Å². The van der Waals surface area contributed by atoms with Crippen LogP contribution in [0, 0.1) is 12.8 Å². The number of aromatic nitrogens is 3. The first-order valence-corrected chi connectivity index (χ1v) is 6.43. The van der Waals surface area contributed by atoms with E-state index in [4.69, 9.17) is 4.52 Å². The Morgan fingerprint density at radius 1 is 1.41 bits per heavy atom. The topological polar surface area (TPSA) is 63.8 Å². The van der Waals surface area contributed by atoms with Gasteiger partial charge >= 0.3 is 0 Å². The quantitative estimate of drug-likeness (QED) is 0.884. The van der Waals surface area contributed by atoms with E-state index in [2.05, 4.69) is 34.5 Å². The third-order valence-corrected chi connectivity index (χ3v) is 3.23. The summed E-state index contributed by atoms with van der Waals surface area (Å²) in [6, 6.07) is 0. The lowest BCUT2D eigenvalue weighted by Crippen LogP contribution is -2.18. The minimum absolute atomic E-state index is 0.641. The third kappa shape index (κ3) is 3.10. The summed E-state index contributed by atoms with van der Waals surface area (Å²) in [6.07, 6.45) is 1.68. The molecule has 0 aliphatic heterocycles. The summed E-state index contributed by atoms with van der Waals surface area (Å²) in [4.78, 5) is 0. The van der Waals surface area contributed by atoms with Crippen molar-refractivity contribution in [3.63, 3.8) is 0 Å². The van der Waals surface area contributed by atoms with Gasteiger partial charge in [-0.05, 0) is 19.4 Å². The predicted octanol–water partition coefficient (Wildman–Crippen LogP) is 2.25. The van der Waals surface area contributed by atoms with Gasteiger partial charge in [0.2, 0.25) is 0 Å². The summed E-state index contributed by atoms with van der Waals surface area (Å²) in [5, 5.41) is 17.2. The average molecular weight is 252 g/mol. The molecule has 0 aliphatic rings. The molecule has 17 heavy (non-hydrogen) atoms. The van der Waals surface area contributed by atoms with Crippen LogP contribution in [0.4, 0.5) is 0 Å². The Morgan fingerprint density at radius 2 is 2.24 bits per heavy atom. The first kappa shape index (κ1) is 12.2. The van der Waals surface area contributed by atoms with Gasteiger partial charge in [0, 0.05) is 6.54 Å². The Hall–Kier alpha value is -1.27. The van der Waals surface area contributed by atoms with Gasteiger partial charge in [-0.15, -0.1) is 10.2 Å². The summed E-state index contributed by atoms with van der Waals surface area (Å²) >= 11 is 1.57. The van der Waals surface area contributed by atoms with E-state index in [0.717, 1.165) is 34.4 Å². The summed E-state index contributed by atoms with van der Waals surface area (Å²) in [5.41, 5.74) is 0.928. The number of nitrogens with zero attached hydrogens (tertiary/aromatic N) is 3. The maximum atomic E-state index is 5.01. The van der Waals surface area contributed by atoms with Crippen LogP contribution in [0.25, 0.3) is 10.6 Å². The molecule has 2 aromatic rings. The second kappa shape index (κ2) is 5.37. The molecule has 0 saturated heterocycles. The fourth-order valence-electron chi connectivity index (χ4n) is 1.41. The van der Waals surface area contributed by atoms with E-state index in [1.807, 2.05) is 6.92 Å². The van der Waals surface area contributed by atoms with Crippen molar-refractivity contribution in [1.29, 1.82) is 0 Å². The fourth-order valence-corrected chi connectivity index (χ4v) is 2.27. The van der Waals surface area contributed by atoms with E-state index in [1.54, 1.807) is 17.5 Å². The zero-order chi connectivity index (χ0) is 12.3. The summed E-state index contributed by atoms with van der Waals surface area (Å²) < 4.78 is 5.01. The molecule has 2 aromatic heterocycles. The molecule has 2 heterocycles. The molecule has 2 rings (SSSR count). The van der Waals surface area contributed by atoms with Gasteiger partial charge in [-0.2, -0.15) is 0 Å². The Bertz CT molecular complexity index is 477. The largest absolute Gasteiger partial charge is 0.361 e. The Labute approximate surface area is 104 Å². The zero-order valence-electron chi connectivity index (χ0n) is 10.2. The Morgan fingerprint density at radius 3 is 2.88 bits per heavy atom. The molecule has 0 aliphatic carbocycles. The van der Waals surface area contributed by atoms with Gasteiger partial charge in [0.25, 0.3) is 0 Å². The predicted molar refractivity (Wildman–Crippen MR) is 66.7 cm³/mol. The highest BCUT2D eigenvalue weighted by Gasteiger charge is 2.11. The molecule has 0 unspecified atom stereocenters. The maximum Gasteiger partial charge on any atom is 0.153 e. The number of aryl methyl sites for hydroxylation is 1. The lowest BCUT2D eigenvalue weighted by atomic mass is 10.2. The Kier molecular flexibility index (Phi) is 3.86. The first-order chi connectivity index (χ1) is 8.16. The molecule has 0 saturated carbocycles. The van der Waals surface area contributed by atoms with Crippen LogP contribution in [0.5, 0.6) is 0 Å². The van der Waals surface area contributed by atoms with Crippen LogP contribution in [0.3, 0.4) is 0 Å². The normalized spacial score (nSPS) is 11.3. The Balaban J connectivity index is 1.99. The van der Waals surface area contributed by atoms with Crippen LogP contribution >= 0.6 is 11.3 Å². The highest BCUT2D eigenvalue weighted by atomic mass is 32.1. The highest BCUT2D eigenvalue weighted by molar-refractivity contribution is 7.14. The van der Waals surface area contributed by atoms with Crippen molar-refractivity contribution in [2.75, 3.05) is 6.54 Å². The maximum absolute atomic E-state index is 5.01. The highest BCUT2D eigenvalue weighted by Crippen LogP contribution is 2.25. The standard InChI is InChI=1S/C11H16N4OS/c1-7(2)4-12-6-10-14-15-11(17-10)9-5-13-16-8(9)3/h5,7,12H,4,6H2,1-3H3. The van der Waals surface area contributed by atoms with Crippen molar-refractivity contribution >= 4 is 11.3 Å². The van der Waals surface area contributed by atoms with Crippen LogP contribution in [0.1, 0.15) is 24.6 Å². The minimum Gasteiger partial charge on any atom is -0.361 e. The molecule has 0 spiro atoms. The molecule has 0 fully saturated rings. The molecule has 0 radical (unpaired) electrons. The van der Waals surface area contributed by atoms with Crippen LogP contribution in [0.15, 0.2) is 10.7 Å². The van der Waals surface area contributed by atoms with Gasteiger partial charge in [-0.25, -0.2) is 0 Å². The van der Waals surface area contributed by atoms with E-state index in [-0.39, 0.29) is 0 Å². The lowest BCUT2D eigenvalue weighted by molar-refractivity contribution is 0.398. The SMILES string of the molecule is Cc1oncc1-c1nnc(CNCC(C)C)s1. The molecule has 6 heteroatoms. The molecule has 0 bridgehead atoms. The first-order valence-electron chi connectivity index (χ1n) is 5.61. The summed E-state index contributed by atoms with van der Waals surface area (Å²) in [7, 11) is 0. The van der Waals surface area contributed by atoms with Crippen molar-refractivity contribution in [1.82, 2.24) is 20.7 Å². The summed E-state index contributed by atoms with van der Waals surface area (Å²) in [6.45, 7) is 7.99. The van der Waals surface area contributed by atoms with Gasteiger partial charge in [0.1, 0.15) is 10.8 Å². The minimum atomic E-state index is 0.641. The molecule has 0 amide bonds. The fraction of sp³-hybridized carbons (Fsp3) is 0.545. The monoisotopic (exact) mass is 252 g/mol. The van der Waals surface area contributed by atoms with Crippen molar-refractivity contribution in [2.24, 2.45) is 5.92 Å². The number of hydrogen-bond donors (Lipinski definition) is 1. The van der Waals surface area contributed by atoms with Crippen molar-refractivity contribution in [3.8, 4) is 10.6 Å². The van der Waals surface area contributed by atoms with E-state index in [0.29, 0.717) is 5.92 Å². The van der Waals surface area contributed by atoms with Crippen LogP contribution < -0.4 is 5.32 Å². The zero-order valence-corrected chi connectivity index (χ0v) is 11.0. The molecule has 5 nitrogen and oxygen atoms in total. The number of nitrogens with one attached hydrogen (secondary N) is 1. The van der Waals surface area contributed by atoms with Crippen LogP contribution in [0.2, 0.25) is 0 Å². The van der Waals surface area contributed by atoms with Crippen molar-refractivity contribution in [3.05, 3.63) is 17.0 Å². The van der Waals surface area contributed by atoms with E-state index in [9.17, 15) is 0 Å². The molecular weight excluding hydrogens is 236 g/mol. The second-order valence-corrected chi connectivity index (χ2v) is 5.38. The average Bonchev–Trinajstić information content (AvgIpc) is 2.86. The number of rotatable bonds is 5. The molecule has 0 aromatic carbocycles. The molecule has 0 atom stereocenters. The second-order valence-electron chi connectivity index (χ2n) is 4.32. The van der Waals surface area contributed by atoms with Gasteiger partial charge in [0.05, 0.1) is 11.8 Å². The number of hydrogen-bond acceptors (Lipinski definition) is 6. The molecular formula is C11H16N4OS. The summed E-state index contributed by atoms with van der Waals surface area (Å²) in [5.74, 6) is 1.42. The smallest absolute Gasteiger partial charge is 0.153 e. The van der Waals surface area contributed by atoms with E-state index < -0.39 is 0 Å². The molecule has 92 valence electrons. The van der Waals surface area contributed by atoms with Gasteiger partial charge in [-0.3, -0.25) is 0 Å². The third-order valence-electron chi connectivity index (χ3n) is 2.28. The van der Waals surface area contributed by atoms with Gasteiger partial charge in [-0.1, -0.05) is 30.3 Å². The van der Waals surface area contributed by atoms with E-state index >= 15 is 0 Å². The molecule has 1 N–H and O–H groups in total. The lowest BCUT2D eigenvalue weighted by Gasteiger charge is -2.03. The van der Waals surface area contributed by atoms with Crippen LogP contribution in [-0.2, 0) is 6.54 Å². The van der Waals surface area contributed by atoms with Crippen molar-refractivity contribution in [2.45, 2.75) is 27.3 Å².